The molecule has 0 spiro atoms. The van der Waals surface area contributed by atoms with Crippen molar-refractivity contribution >= 4 is 0 Å². The first-order valence-corrected chi connectivity index (χ1v) is 12.2. The predicted octanol–water partition coefficient (Wildman–Crippen LogP) is 5.91. The highest BCUT2D eigenvalue weighted by Crippen LogP contribution is 2.60. The van der Waals surface area contributed by atoms with E-state index in [2.05, 4.69) is 46.4 Å². The van der Waals surface area contributed by atoms with Crippen molar-refractivity contribution in [3.63, 3.8) is 0 Å². The molecule has 0 aliphatic heterocycles. The van der Waals surface area contributed by atoms with Crippen LogP contribution in [0.3, 0.4) is 0 Å². The van der Waals surface area contributed by atoms with E-state index < -0.39 is 11.9 Å². The fraction of sp³-hybridized carbons (Fsp3) is 0.778. The SMILES string of the molecule is C=C1C[C@H](O)C(O)(O)C/C1=C/C=C1CCC[C@@]2(C)C1CC[C@@H]2[C@H](C)CCCC(C)C. The smallest absolute Gasteiger partial charge is 0.193 e. The van der Waals surface area contributed by atoms with Gasteiger partial charge in [-0.05, 0) is 72.3 Å². The van der Waals surface area contributed by atoms with Crippen LogP contribution in [0.5, 0.6) is 0 Å². The van der Waals surface area contributed by atoms with Crippen LogP contribution in [-0.2, 0) is 0 Å². The predicted molar refractivity (Wildman–Crippen MR) is 124 cm³/mol. The van der Waals surface area contributed by atoms with Gasteiger partial charge in [0.15, 0.2) is 5.79 Å². The molecule has 0 aromatic heterocycles. The summed E-state index contributed by atoms with van der Waals surface area (Å²) < 4.78 is 0. The molecule has 3 aliphatic carbocycles. The van der Waals surface area contributed by atoms with Gasteiger partial charge in [-0.25, -0.2) is 0 Å². The summed E-state index contributed by atoms with van der Waals surface area (Å²) in [5, 5.41) is 30.0. The fourth-order valence-corrected chi connectivity index (χ4v) is 6.70. The molecule has 0 aromatic rings. The van der Waals surface area contributed by atoms with Gasteiger partial charge in [-0.15, -0.1) is 0 Å². The number of hydrogen-bond donors (Lipinski definition) is 3. The third kappa shape index (κ3) is 4.95. The summed E-state index contributed by atoms with van der Waals surface area (Å²) in [5.74, 6) is 1.01. The monoisotopic (exact) mass is 416 g/mol. The third-order valence-corrected chi connectivity index (χ3v) is 8.54. The quantitative estimate of drug-likeness (QED) is 0.472. The van der Waals surface area contributed by atoms with Gasteiger partial charge in [0.2, 0.25) is 0 Å². The van der Waals surface area contributed by atoms with Gasteiger partial charge in [-0.3, -0.25) is 0 Å². The molecule has 0 saturated heterocycles. The molecular formula is C27H44O3. The van der Waals surface area contributed by atoms with E-state index in [-0.39, 0.29) is 12.8 Å². The molecule has 170 valence electrons. The Bertz CT molecular complexity index is 686. The highest BCUT2D eigenvalue weighted by Gasteiger charge is 2.50. The molecule has 3 N–H and O–H groups in total. The molecule has 3 aliphatic rings. The number of hydrogen-bond acceptors (Lipinski definition) is 3. The Labute approximate surface area is 184 Å². The number of rotatable bonds is 6. The average Bonchev–Trinajstić information content (AvgIpc) is 3.01. The summed E-state index contributed by atoms with van der Waals surface area (Å²) in [4.78, 5) is 0. The lowest BCUT2D eigenvalue weighted by Crippen LogP contribution is -2.45. The largest absolute Gasteiger partial charge is 0.387 e. The average molecular weight is 417 g/mol. The maximum Gasteiger partial charge on any atom is 0.193 e. The first-order valence-electron chi connectivity index (χ1n) is 12.2. The van der Waals surface area contributed by atoms with Gasteiger partial charge in [0.1, 0.15) is 6.10 Å². The van der Waals surface area contributed by atoms with Gasteiger partial charge in [-0.2, -0.15) is 0 Å². The zero-order valence-electron chi connectivity index (χ0n) is 19.7. The lowest BCUT2D eigenvalue weighted by Gasteiger charge is -2.44. The number of aliphatic hydroxyl groups excluding tert-OH is 1. The van der Waals surface area contributed by atoms with Crippen LogP contribution in [-0.4, -0.2) is 27.2 Å². The topological polar surface area (TPSA) is 60.7 Å². The van der Waals surface area contributed by atoms with E-state index >= 15 is 0 Å². The molecule has 0 bridgehead atoms. The molecule has 0 amide bonds. The normalized spacial score (nSPS) is 37.7. The summed E-state index contributed by atoms with van der Waals surface area (Å²) in [5.41, 5.74) is 3.62. The van der Waals surface area contributed by atoms with E-state index in [0.29, 0.717) is 11.3 Å². The van der Waals surface area contributed by atoms with E-state index in [1.54, 1.807) is 0 Å². The van der Waals surface area contributed by atoms with Crippen LogP contribution in [0.1, 0.15) is 91.9 Å². The van der Waals surface area contributed by atoms with Gasteiger partial charge in [0.25, 0.3) is 0 Å². The Kier molecular flexibility index (Phi) is 7.37. The van der Waals surface area contributed by atoms with Crippen LogP contribution in [0.25, 0.3) is 0 Å². The molecule has 5 atom stereocenters. The van der Waals surface area contributed by atoms with Crippen molar-refractivity contribution in [3.8, 4) is 0 Å². The molecule has 1 unspecified atom stereocenters. The molecule has 3 fully saturated rings. The van der Waals surface area contributed by atoms with Crippen LogP contribution < -0.4 is 0 Å². The summed E-state index contributed by atoms with van der Waals surface area (Å²) in [6.07, 6.45) is 13.8. The Morgan fingerprint density at radius 1 is 1.13 bits per heavy atom. The van der Waals surface area contributed by atoms with E-state index in [0.717, 1.165) is 35.3 Å². The van der Waals surface area contributed by atoms with Crippen molar-refractivity contribution in [2.24, 2.45) is 29.1 Å². The van der Waals surface area contributed by atoms with Crippen molar-refractivity contribution in [2.75, 3.05) is 0 Å². The molecule has 3 nitrogen and oxygen atoms in total. The van der Waals surface area contributed by atoms with E-state index in [1.807, 2.05) is 0 Å². The number of aliphatic hydroxyl groups is 3. The Hall–Kier alpha value is -0.900. The highest BCUT2D eigenvalue weighted by molar-refractivity contribution is 5.38. The summed E-state index contributed by atoms with van der Waals surface area (Å²) in [6.45, 7) is 13.7. The van der Waals surface area contributed by atoms with Gasteiger partial charge in [-0.1, -0.05) is 71.3 Å². The van der Waals surface area contributed by atoms with Crippen LogP contribution in [0, 0.1) is 29.1 Å². The lowest BCUT2D eigenvalue weighted by atomic mass is 9.60. The first kappa shape index (κ1) is 23.8. The Morgan fingerprint density at radius 3 is 2.57 bits per heavy atom. The molecule has 0 radical (unpaired) electrons. The second-order valence-corrected chi connectivity index (χ2v) is 11.2. The first-order chi connectivity index (χ1) is 14.0. The molecule has 3 rings (SSSR count). The molecule has 0 aromatic carbocycles. The van der Waals surface area contributed by atoms with Crippen molar-refractivity contribution < 1.29 is 15.3 Å². The standard InChI is InChI=1S/C27H44O3/c1-18(2)8-6-9-19(3)23-13-14-24-21(10-7-15-26(23,24)5)11-12-22-17-27(29,30)25(28)16-20(22)4/h11-12,18-19,23-25,28-30H,4,6-10,13-17H2,1-3,5H3/b21-11?,22-12-/t19-,23-,24?,25+,26-/m1/s1. The lowest BCUT2D eigenvalue weighted by molar-refractivity contribution is -0.227. The maximum absolute atomic E-state index is 10.1. The Morgan fingerprint density at radius 2 is 1.87 bits per heavy atom. The second kappa shape index (κ2) is 9.30. The van der Waals surface area contributed by atoms with Gasteiger partial charge in [0.05, 0.1) is 0 Å². The molecule has 30 heavy (non-hydrogen) atoms. The Balaban J connectivity index is 1.72. The fourth-order valence-electron chi connectivity index (χ4n) is 6.70. The zero-order valence-corrected chi connectivity index (χ0v) is 19.7. The van der Waals surface area contributed by atoms with E-state index in [1.165, 1.54) is 50.5 Å². The minimum Gasteiger partial charge on any atom is -0.387 e. The third-order valence-electron chi connectivity index (χ3n) is 8.54. The second-order valence-electron chi connectivity index (χ2n) is 11.2. The molecule has 3 heteroatoms. The van der Waals surface area contributed by atoms with Crippen LogP contribution in [0.4, 0.5) is 0 Å². The van der Waals surface area contributed by atoms with Crippen LogP contribution in [0.2, 0.25) is 0 Å². The van der Waals surface area contributed by atoms with Crippen molar-refractivity contribution in [3.05, 3.63) is 35.5 Å². The van der Waals surface area contributed by atoms with Crippen LogP contribution >= 0.6 is 0 Å². The van der Waals surface area contributed by atoms with E-state index in [9.17, 15) is 15.3 Å². The van der Waals surface area contributed by atoms with Crippen molar-refractivity contribution in [2.45, 2.75) is 104 Å². The minimum atomic E-state index is -2.05. The van der Waals surface area contributed by atoms with Crippen LogP contribution in [0.15, 0.2) is 35.5 Å². The minimum absolute atomic E-state index is 0.0498. The maximum atomic E-state index is 10.1. The van der Waals surface area contributed by atoms with Gasteiger partial charge >= 0.3 is 0 Å². The summed E-state index contributed by atoms with van der Waals surface area (Å²) in [7, 11) is 0. The number of allylic oxidation sites excluding steroid dienone is 3. The number of fused-ring (bicyclic) bond motifs is 1. The van der Waals surface area contributed by atoms with Gasteiger partial charge in [0, 0.05) is 12.8 Å². The van der Waals surface area contributed by atoms with Gasteiger partial charge < -0.3 is 15.3 Å². The zero-order chi connectivity index (χ0) is 22.1. The summed E-state index contributed by atoms with van der Waals surface area (Å²) in [6, 6.07) is 0. The van der Waals surface area contributed by atoms with E-state index in [4.69, 9.17) is 0 Å². The summed E-state index contributed by atoms with van der Waals surface area (Å²) >= 11 is 0. The van der Waals surface area contributed by atoms with Crippen molar-refractivity contribution in [1.29, 1.82) is 0 Å². The molecule has 3 saturated carbocycles. The highest BCUT2D eigenvalue weighted by atomic mass is 16.5. The molecule has 0 heterocycles. The molecular weight excluding hydrogens is 372 g/mol. The van der Waals surface area contributed by atoms with Crippen molar-refractivity contribution in [1.82, 2.24) is 0 Å².